The van der Waals surface area contributed by atoms with Crippen molar-refractivity contribution in [2.24, 2.45) is 0 Å². The van der Waals surface area contributed by atoms with E-state index in [9.17, 15) is 14.7 Å². The number of hydrogen-bond donors (Lipinski definition) is 1. The van der Waals surface area contributed by atoms with Gasteiger partial charge in [0.25, 0.3) is 5.78 Å². The summed E-state index contributed by atoms with van der Waals surface area (Å²) < 4.78 is 17.3. The van der Waals surface area contributed by atoms with Crippen LogP contribution in [0.3, 0.4) is 0 Å². The van der Waals surface area contributed by atoms with Gasteiger partial charge in [-0.25, -0.2) is 4.98 Å². The Balaban J connectivity index is 1.71. The van der Waals surface area contributed by atoms with E-state index in [2.05, 4.69) is 4.98 Å². The van der Waals surface area contributed by atoms with Gasteiger partial charge in [0.1, 0.15) is 11.5 Å². The van der Waals surface area contributed by atoms with Crippen molar-refractivity contribution in [3.05, 3.63) is 82.9 Å². The number of Topliss-reactive ketones (excluding diaryl/α,β-unsaturated/α-hetero) is 1. The first-order chi connectivity index (χ1) is 18.4. The Labute approximate surface area is 223 Å². The van der Waals surface area contributed by atoms with Gasteiger partial charge in [0.05, 0.1) is 42.7 Å². The average molecular weight is 531 g/mol. The number of aromatic nitrogens is 1. The lowest BCUT2D eigenvalue weighted by atomic mass is 9.95. The van der Waals surface area contributed by atoms with Crippen LogP contribution >= 0.6 is 11.3 Å². The van der Waals surface area contributed by atoms with Crippen molar-refractivity contribution in [3.8, 4) is 17.2 Å². The normalized spacial score (nSPS) is 16.7. The highest BCUT2D eigenvalue weighted by Crippen LogP contribution is 2.46. The fourth-order valence-electron chi connectivity index (χ4n) is 4.52. The number of ether oxygens (including phenoxy) is 3. The molecule has 9 heteroatoms. The second kappa shape index (κ2) is 10.2. The maximum atomic E-state index is 13.5. The van der Waals surface area contributed by atoms with Gasteiger partial charge in [0.15, 0.2) is 16.6 Å². The number of methoxy groups -OCH3 is 2. The topological polar surface area (TPSA) is 98.2 Å². The molecule has 194 valence electrons. The van der Waals surface area contributed by atoms with E-state index in [1.54, 1.807) is 42.5 Å². The molecular formula is C29H26N2O6S. The number of hydrogen-bond acceptors (Lipinski definition) is 8. The molecule has 0 spiro atoms. The van der Waals surface area contributed by atoms with Crippen molar-refractivity contribution >= 4 is 44.1 Å². The first kappa shape index (κ1) is 25.3. The van der Waals surface area contributed by atoms with Crippen LogP contribution in [0.15, 0.2) is 66.2 Å². The molecule has 1 atom stereocenters. The van der Waals surface area contributed by atoms with Gasteiger partial charge in [-0.2, -0.15) is 0 Å². The van der Waals surface area contributed by atoms with Crippen LogP contribution in [0.5, 0.6) is 17.2 Å². The van der Waals surface area contributed by atoms with Crippen LogP contribution in [0.1, 0.15) is 29.7 Å². The molecule has 1 saturated heterocycles. The summed E-state index contributed by atoms with van der Waals surface area (Å²) in [5, 5.41) is 11.8. The summed E-state index contributed by atoms with van der Waals surface area (Å²) in [4.78, 5) is 33.0. The molecule has 4 aromatic rings. The van der Waals surface area contributed by atoms with Gasteiger partial charge in [-0.3, -0.25) is 14.5 Å². The van der Waals surface area contributed by atoms with Gasteiger partial charge >= 0.3 is 5.91 Å². The molecule has 1 aromatic heterocycles. The van der Waals surface area contributed by atoms with Gasteiger partial charge in [0.2, 0.25) is 0 Å². The minimum atomic E-state index is -0.942. The summed E-state index contributed by atoms with van der Waals surface area (Å²) in [7, 11) is 3.03. The van der Waals surface area contributed by atoms with Crippen LogP contribution in [-0.4, -0.2) is 42.6 Å². The number of ketones is 1. The number of rotatable bonds is 7. The molecule has 0 saturated carbocycles. The standard InChI is InChI=1S/C29H26N2O6S/c1-5-37-19-10-7-17(8-11-19)26(32)24-25(18-9-13-21(35-3)22(15-18)36-4)31(28(34)27(24)33)29-30-20-12-6-16(2)14-23(20)38-29/h6-15,25,32H,5H2,1-4H3/t25-/m0/s1. The van der Waals surface area contributed by atoms with Crippen molar-refractivity contribution in [3.63, 3.8) is 0 Å². The van der Waals surface area contributed by atoms with Crippen molar-refractivity contribution in [2.75, 3.05) is 25.7 Å². The monoisotopic (exact) mass is 530 g/mol. The largest absolute Gasteiger partial charge is 0.507 e. The molecule has 5 rings (SSSR count). The molecule has 0 unspecified atom stereocenters. The summed E-state index contributed by atoms with van der Waals surface area (Å²) in [5.41, 5.74) is 2.68. The first-order valence-corrected chi connectivity index (χ1v) is 12.8. The zero-order chi connectivity index (χ0) is 27.0. The zero-order valence-electron chi connectivity index (χ0n) is 21.3. The SMILES string of the molecule is CCOc1ccc(C(O)=C2C(=O)C(=O)N(c3nc4ccc(C)cc4s3)[C@H]2c2ccc(OC)c(OC)c2)cc1. The smallest absolute Gasteiger partial charge is 0.301 e. The van der Waals surface area contributed by atoms with E-state index < -0.39 is 17.7 Å². The summed E-state index contributed by atoms with van der Waals surface area (Å²) in [5.74, 6) is -0.303. The molecule has 1 N–H and O–H groups in total. The Morgan fingerprint density at radius 2 is 1.74 bits per heavy atom. The molecule has 1 amide bonds. The molecule has 8 nitrogen and oxygen atoms in total. The second-order valence-electron chi connectivity index (χ2n) is 8.71. The average Bonchev–Trinajstić information content (AvgIpc) is 3.45. The lowest BCUT2D eigenvalue weighted by molar-refractivity contribution is -0.132. The molecule has 1 fully saturated rings. The maximum absolute atomic E-state index is 13.5. The number of aryl methyl sites for hydroxylation is 1. The van der Waals surface area contributed by atoms with Crippen LogP contribution < -0.4 is 19.1 Å². The number of anilines is 1. The van der Waals surface area contributed by atoms with E-state index in [-0.39, 0.29) is 11.3 Å². The van der Waals surface area contributed by atoms with Crippen LogP contribution in [0.2, 0.25) is 0 Å². The molecule has 1 aliphatic heterocycles. The number of carbonyl (C=O) groups excluding carboxylic acids is 2. The molecule has 2 heterocycles. The van der Waals surface area contributed by atoms with Gasteiger partial charge in [0, 0.05) is 5.56 Å². The molecule has 0 radical (unpaired) electrons. The highest BCUT2D eigenvalue weighted by molar-refractivity contribution is 7.22. The van der Waals surface area contributed by atoms with Crippen molar-refractivity contribution < 1.29 is 28.9 Å². The Morgan fingerprint density at radius 3 is 2.42 bits per heavy atom. The Morgan fingerprint density at radius 1 is 1.00 bits per heavy atom. The number of fused-ring (bicyclic) bond motifs is 1. The predicted molar refractivity (Wildman–Crippen MR) is 146 cm³/mol. The number of benzene rings is 3. The van der Waals surface area contributed by atoms with Gasteiger partial charge < -0.3 is 19.3 Å². The van der Waals surface area contributed by atoms with Crippen molar-refractivity contribution in [2.45, 2.75) is 19.9 Å². The number of thiazole rings is 1. The zero-order valence-corrected chi connectivity index (χ0v) is 22.2. The third-order valence-electron chi connectivity index (χ3n) is 6.35. The Kier molecular flexibility index (Phi) is 6.77. The first-order valence-electron chi connectivity index (χ1n) is 12.0. The van der Waals surface area contributed by atoms with Crippen molar-refractivity contribution in [1.82, 2.24) is 4.98 Å². The minimum absolute atomic E-state index is 0.0400. The van der Waals surface area contributed by atoms with Crippen LogP contribution in [0.25, 0.3) is 16.0 Å². The van der Waals surface area contributed by atoms with E-state index in [1.807, 2.05) is 32.0 Å². The van der Waals surface area contributed by atoms with Crippen LogP contribution in [-0.2, 0) is 9.59 Å². The fourth-order valence-corrected chi connectivity index (χ4v) is 5.61. The van der Waals surface area contributed by atoms with Gasteiger partial charge in [-0.15, -0.1) is 0 Å². The number of nitrogens with zero attached hydrogens (tertiary/aromatic N) is 2. The summed E-state index contributed by atoms with van der Waals surface area (Å²) >= 11 is 1.31. The number of amides is 1. The second-order valence-corrected chi connectivity index (χ2v) is 9.72. The van der Waals surface area contributed by atoms with E-state index in [0.29, 0.717) is 40.1 Å². The Hall–Kier alpha value is -4.37. The van der Waals surface area contributed by atoms with E-state index in [0.717, 1.165) is 15.8 Å². The predicted octanol–water partition coefficient (Wildman–Crippen LogP) is 5.65. The van der Waals surface area contributed by atoms with Crippen LogP contribution in [0.4, 0.5) is 5.13 Å². The Bertz CT molecular complexity index is 1570. The lowest BCUT2D eigenvalue weighted by Gasteiger charge is -2.23. The third-order valence-corrected chi connectivity index (χ3v) is 7.36. The van der Waals surface area contributed by atoms with E-state index in [1.165, 1.54) is 30.5 Å². The van der Waals surface area contributed by atoms with Crippen LogP contribution in [0, 0.1) is 6.92 Å². The van der Waals surface area contributed by atoms with Gasteiger partial charge in [-0.05, 0) is 73.5 Å². The molecule has 1 aliphatic rings. The van der Waals surface area contributed by atoms with E-state index in [4.69, 9.17) is 14.2 Å². The third kappa shape index (κ3) is 4.35. The van der Waals surface area contributed by atoms with Crippen molar-refractivity contribution in [1.29, 1.82) is 0 Å². The molecule has 3 aromatic carbocycles. The highest BCUT2D eigenvalue weighted by Gasteiger charge is 2.48. The fraction of sp³-hybridized carbons (Fsp3) is 0.207. The summed E-state index contributed by atoms with van der Waals surface area (Å²) in [6.45, 7) is 4.35. The quantitative estimate of drug-likeness (QED) is 0.187. The lowest BCUT2D eigenvalue weighted by Crippen LogP contribution is -2.29. The highest BCUT2D eigenvalue weighted by atomic mass is 32.1. The molecule has 0 aliphatic carbocycles. The maximum Gasteiger partial charge on any atom is 0.301 e. The minimum Gasteiger partial charge on any atom is -0.507 e. The number of aliphatic hydroxyl groups is 1. The number of aliphatic hydroxyl groups excluding tert-OH is 1. The molecule has 38 heavy (non-hydrogen) atoms. The number of carbonyl (C=O) groups is 2. The summed E-state index contributed by atoms with van der Waals surface area (Å²) in [6, 6.07) is 16.7. The summed E-state index contributed by atoms with van der Waals surface area (Å²) in [6.07, 6.45) is 0. The van der Waals surface area contributed by atoms with E-state index >= 15 is 0 Å². The molecule has 0 bridgehead atoms. The molecular weight excluding hydrogens is 504 g/mol. The van der Waals surface area contributed by atoms with Gasteiger partial charge in [-0.1, -0.05) is 23.5 Å².